The minimum atomic E-state index is 0.726. The maximum atomic E-state index is 10.3. The highest BCUT2D eigenvalue weighted by Crippen LogP contribution is 2.22. The number of hydrogen-bond acceptors (Lipinski definition) is 2. The van der Waals surface area contributed by atoms with E-state index in [1.54, 1.807) is 0 Å². The number of nitrogens with zero attached hydrogens (tertiary/aromatic N) is 1. The fraction of sp³-hybridized carbons (Fsp3) is 0.500. The lowest BCUT2D eigenvalue weighted by Crippen LogP contribution is -2.20. The number of hydrogen-bond donors (Lipinski definition) is 0. The first-order chi connectivity index (χ1) is 7.88. The van der Waals surface area contributed by atoms with Crippen LogP contribution in [0.15, 0.2) is 30.3 Å². The summed E-state index contributed by atoms with van der Waals surface area (Å²) in [6.45, 7) is 3.39. The summed E-state index contributed by atoms with van der Waals surface area (Å²) in [6.07, 6.45) is 4.08. The number of carbonyl (C=O) groups excluding carboxylic acids is 1. The number of aldehydes is 1. The van der Waals surface area contributed by atoms with Gasteiger partial charge in [0.2, 0.25) is 0 Å². The molecule has 1 atom stereocenters. The Hall–Kier alpha value is -1.15. The molecular weight excluding hydrogens is 198 g/mol. The second kappa shape index (κ2) is 5.80. The Morgan fingerprint density at radius 2 is 2.12 bits per heavy atom. The first kappa shape index (κ1) is 11.3. The molecule has 1 aliphatic heterocycles. The number of benzene rings is 1. The minimum Gasteiger partial charge on any atom is -0.303 e. The Kier molecular flexibility index (Phi) is 4.11. The van der Waals surface area contributed by atoms with Crippen LogP contribution in [0.3, 0.4) is 0 Å². The predicted molar refractivity (Wildman–Crippen MR) is 65.1 cm³/mol. The van der Waals surface area contributed by atoms with Crippen molar-refractivity contribution < 1.29 is 4.79 Å². The standard InChI is InChI=1S/C14H19NO/c16-10-4-7-14-8-9-15(12-14)11-13-5-2-1-3-6-13/h1-3,5-6,10,14H,4,7-9,11-12H2. The van der Waals surface area contributed by atoms with Crippen LogP contribution in [0.25, 0.3) is 0 Å². The molecule has 2 rings (SSSR count). The molecule has 1 aromatic carbocycles. The van der Waals surface area contributed by atoms with E-state index in [4.69, 9.17) is 0 Å². The van der Waals surface area contributed by atoms with E-state index < -0.39 is 0 Å². The average molecular weight is 217 g/mol. The monoisotopic (exact) mass is 217 g/mol. The van der Waals surface area contributed by atoms with E-state index in [-0.39, 0.29) is 0 Å². The van der Waals surface area contributed by atoms with Crippen LogP contribution in [0.5, 0.6) is 0 Å². The third-order valence-electron chi connectivity index (χ3n) is 3.31. The molecule has 1 aromatic rings. The fourth-order valence-electron chi connectivity index (χ4n) is 2.44. The lowest BCUT2D eigenvalue weighted by molar-refractivity contribution is -0.108. The molecule has 0 saturated carbocycles. The van der Waals surface area contributed by atoms with Gasteiger partial charge in [0.15, 0.2) is 0 Å². The van der Waals surface area contributed by atoms with Crippen molar-refractivity contribution in [1.82, 2.24) is 4.90 Å². The molecule has 0 spiro atoms. The molecule has 2 nitrogen and oxygen atoms in total. The molecule has 2 heteroatoms. The highest BCUT2D eigenvalue weighted by molar-refractivity contribution is 5.49. The quantitative estimate of drug-likeness (QED) is 0.706. The van der Waals surface area contributed by atoms with Crippen LogP contribution in [0, 0.1) is 5.92 Å². The molecule has 0 aliphatic carbocycles. The predicted octanol–water partition coefficient (Wildman–Crippen LogP) is 2.49. The zero-order valence-electron chi connectivity index (χ0n) is 9.64. The minimum absolute atomic E-state index is 0.726. The summed E-state index contributed by atoms with van der Waals surface area (Å²) < 4.78 is 0. The van der Waals surface area contributed by atoms with E-state index in [2.05, 4.69) is 35.2 Å². The number of rotatable bonds is 5. The van der Waals surface area contributed by atoms with Gasteiger partial charge in [-0.1, -0.05) is 30.3 Å². The van der Waals surface area contributed by atoms with Gasteiger partial charge in [-0.05, 0) is 30.9 Å². The third-order valence-corrected chi connectivity index (χ3v) is 3.31. The van der Waals surface area contributed by atoms with E-state index in [1.165, 1.54) is 18.5 Å². The van der Waals surface area contributed by atoms with Crippen molar-refractivity contribution in [1.29, 1.82) is 0 Å². The van der Waals surface area contributed by atoms with Crippen LogP contribution in [0.4, 0.5) is 0 Å². The molecule has 0 amide bonds. The SMILES string of the molecule is O=CCCC1CCN(Cc2ccccc2)C1. The van der Waals surface area contributed by atoms with Crippen molar-refractivity contribution in [3.05, 3.63) is 35.9 Å². The van der Waals surface area contributed by atoms with E-state index >= 15 is 0 Å². The van der Waals surface area contributed by atoms with Crippen molar-refractivity contribution in [2.75, 3.05) is 13.1 Å². The van der Waals surface area contributed by atoms with E-state index in [0.29, 0.717) is 0 Å². The molecule has 0 N–H and O–H groups in total. The van der Waals surface area contributed by atoms with Crippen LogP contribution in [0.2, 0.25) is 0 Å². The summed E-state index contributed by atoms with van der Waals surface area (Å²) in [5.41, 5.74) is 1.39. The second-order valence-corrected chi connectivity index (χ2v) is 4.62. The Morgan fingerprint density at radius 1 is 1.31 bits per heavy atom. The normalized spacial score (nSPS) is 21.1. The Bertz CT molecular complexity index is 323. The van der Waals surface area contributed by atoms with Gasteiger partial charge in [0.1, 0.15) is 6.29 Å². The molecule has 1 fully saturated rings. The molecular formula is C14H19NO. The summed E-state index contributed by atoms with van der Waals surface area (Å²) in [4.78, 5) is 12.8. The molecule has 1 saturated heterocycles. The summed E-state index contributed by atoms with van der Waals surface area (Å²) in [7, 11) is 0. The van der Waals surface area contributed by atoms with Crippen LogP contribution in [0.1, 0.15) is 24.8 Å². The van der Waals surface area contributed by atoms with Crippen molar-refractivity contribution in [3.63, 3.8) is 0 Å². The summed E-state index contributed by atoms with van der Waals surface area (Å²) in [5, 5.41) is 0. The number of likely N-dealkylation sites (tertiary alicyclic amines) is 1. The van der Waals surface area contributed by atoms with Gasteiger partial charge in [0, 0.05) is 19.5 Å². The molecule has 16 heavy (non-hydrogen) atoms. The summed E-state index contributed by atoms with van der Waals surface area (Å²) >= 11 is 0. The zero-order valence-corrected chi connectivity index (χ0v) is 9.64. The molecule has 0 bridgehead atoms. The van der Waals surface area contributed by atoms with Crippen LogP contribution >= 0.6 is 0 Å². The molecule has 0 radical (unpaired) electrons. The first-order valence-electron chi connectivity index (χ1n) is 6.08. The molecule has 1 aliphatic rings. The van der Waals surface area contributed by atoms with Crippen LogP contribution < -0.4 is 0 Å². The Balaban J connectivity index is 1.78. The van der Waals surface area contributed by atoms with Crippen molar-refractivity contribution in [2.24, 2.45) is 5.92 Å². The summed E-state index contributed by atoms with van der Waals surface area (Å²) in [5.74, 6) is 0.730. The maximum Gasteiger partial charge on any atom is 0.120 e. The fourth-order valence-corrected chi connectivity index (χ4v) is 2.44. The maximum absolute atomic E-state index is 10.3. The van der Waals surface area contributed by atoms with Crippen molar-refractivity contribution in [2.45, 2.75) is 25.8 Å². The smallest absolute Gasteiger partial charge is 0.120 e. The van der Waals surface area contributed by atoms with Gasteiger partial charge < -0.3 is 4.79 Å². The van der Waals surface area contributed by atoms with Crippen molar-refractivity contribution >= 4 is 6.29 Å². The topological polar surface area (TPSA) is 20.3 Å². The van der Waals surface area contributed by atoms with E-state index in [1.807, 2.05) is 0 Å². The van der Waals surface area contributed by atoms with Crippen LogP contribution in [-0.2, 0) is 11.3 Å². The van der Waals surface area contributed by atoms with Gasteiger partial charge in [-0.3, -0.25) is 4.90 Å². The molecule has 0 aromatic heterocycles. The van der Waals surface area contributed by atoms with Gasteiger partial charge in [0.05, 0.1) is 0 Å². The van der Waals surface area contributed by atoms with Crippen LogP contribution in [-0.4, -0.2) is 24.3 Å². The van der Waals surface area contributed by atoms with Gasteiger partial charge in [-0.25, -0.2) is 0 Å². The average Bonchev–Trinajstić information content (AvgIpc) is 2.75. The van der Waals surface area contributed by atoms with Crippen molar-refractivity contribution in [3.8, 4) is 0 Å². The first-order valence-corrected chi connectivity index (χ1v) is 6.08. The highest BCUT2D eigenvalue weighted by atomic mass is 16.1. The molecule has 1 unspecified atom stereocenters. The number of carbonyl (C=O) groups is 1. The second-order valence-electron chi connectivity index (χ2n) is 4.62. The zero-order chi connectivity index (χ0) is 11.2. The third kappa shape index (κ3) is 3.17. The van der Waals surface area contributed by atoms with E-state index in [0.717, 1.165) is 38.1 Å². The molecule has 86 valence electrons. The lowest BCUT2D eigenvalue weighted by atomic mass is 10.0. The summed E-state index contributed by atoms with van der Waals surface area (Å²) in [6, 6.07) is 10.6. The lowest BCUT2D eigenvalue weighted by Gasteiger charge is -2.15. The van der Waals surface area contributed by atoms with Gasteiger partial charge in [0.25, 0.3) is 0 Å². The Morgan fingerprint density at radius 3 is 2.88 bits per heavy atom. The highest BCUT2D eigenvalue weighted by Gasteiger charge is 2.21. The molecule has 1 heterocycles. The van der Waals surface area contributed by atoms with Gasteiger partial charge >= 0.3 is 0 Å². The van der Waals surface area contributed by atoms with Gasteiger partial charge in [-0.2, -0.15) is 0 Å². The van der Waals surface area contributed by atoms with Gasteiger partial charge in [-0.15, -0.1) is 0 Å². The Labute approximate surface area is 97.3 Å². The largest absolute Gasteiger partial charge is 0.303 e. The van der Waals surface area contributed by atoms with E-state index in [9.17, 15) is 4.79 Å².